The SMILES string of the molecule is CCC(CC)N1CCCCC1CCNC. The third kappa shape index (κ3) is 3.76. The molecule has 0 radical (unpaired) electrons. The molecule has 1 rings (SSSR count). The lowest BCUT2D eigenvalue weighted by molar-refractivity contribution is 0.0841. The Morgan fingerprint density at radius 3 is 2.60 bits per heavy atom. The molecular weight excluding hydrogens is 184 g/mol. The van der Waals surface area contributed by atoms with Crippen molar-refractivity contribution in [2.24, 2.45) is 0 Å². The van der Waals surface area contributed by atoms with Crippen molar-refractivity contribution < 1.29 is 0 Å². The molecule has 1 unspecified atom stereocenters. The van der Waals surface area contributed by atoms with E-state index >= 15 is 0 Å². The molecule has 1 atom stereocenters. The Kier molecular flexibility index (Phi) is 6.26. The number of likely N-dealkylation sites (tertiary alicyclic amines) is 1. The highest BCUT2D eigenvalue weighted by molar-refractivity contribution is 4.82. The fraction of sp³-hybridized carbons (Fsp3) is 1.00. The van der Waals surface area contributed by atoms with Crippen molar-refractivity contribution in [3.05, 3.63) is 0 Å². The maximum atomic E-state index is 3.28. The van der Waals surface area contributed by atoms with E-state index in [1.807, 2.05) is 0 Å². The van der Waals surface area contributed by atoms with Crippen LogP contribution >= 0.6 is 0 Å². The summed E-state index contributed by atoms with van der Waals surface area (Å²) in [4.78, 5) is 2.78. The molecule has 1 heterocycles. The van der Waals surface area contributed by atoms with Crippen molar-refractivity contribution in [2.45, 2.75) is 64.5 Å². The van der Waals surface area contributed by atoms with Crippen molar-refractivity contribution in [3.8, 4) is 0 Å². The molecule has 2 heteroatoms. The average molecular weight is 212 g/mol. The van der Waals surface area contributed by atoms with E-state index in [4.69, 9.17) is 0 Å². The van der Waals surface area contributed by atoms with E-state index in [0.29, 0.717) is 0 Å². The predicted octanol–water partition coefficient (Wildman–Crippen LogP) is 2.64. The monoisotopic (exact) mass is 212 g/mol. The number of nitrogens with zero attached hydrogens (tertiary/aromatic N) is 1. The molecule has 1 aliphatic rings. The van der Waals surface area contributed by atoms with Crippen molar-refractivity contribution >= 4 is 0 Å². The molecule has 0 aromatic heterocycles. The van der Waals surface area contributed by atoms with Crippen LogP contribution in [0.3, 0.4) is 0 Å². The Hall–Kier alpha value is -0.0800. The van der Waals surface area contributed by atoms with Gasteiger partial charge in [0.15, 0.2) is 0 Å². The number of hydrogen-bond acceptors (Lipinski definition) is 2. The van der Waals surface area contributed by atoms with Crippen LogP contribution in [0.1, 0.15) is 52.4 Å². The molecule has 0 saturated carbocycles. The Bertz CT molecular complexity index is 155. The minimum Gasteiger partial charge on any atom is -0.320 e. The van der Waals surface area contributed by atoms with Crippen LogP contribution in [0, 0.1) is 0 Å². The summed E-state index contributed by atoms with van der Waals surface area (Å²) in [5.41, 5.74) is 0. The number of nitrogens with one attached hydrogen (secondary N) is 1. The Balaban J connectivity index is 2.48. The van der Waals surface area contributed by atoms with Gasteiger partial charge in [-0.3, -0.25) is 4.90 Å². The first-order valence-electron chi connectivity index (χ1n) is 6.73. The number of rotatable bonds is 6. The summed E-state index contributed by atoms with van der Waals surface area (Å²) in [6.45, 7) is 7.16. The van der Waals surface area contributed by atoms with Crippen molar-refractivity contribution in [3.63, 3.8) is 0 Å². The molecule has 1 fully saturated rings. The van der Waals surface area contributed by atoms with Gasteiger partial charge in [-0.05, 0) is 52.2 Å². The molecule has 0 spiro atoms. The second kappa shape index (κ2) is 7.24. The molecule has 2 nitrogen and oxygen atoms in total. The zero-order chi connectivity index (χ0) is 11.1. The summed E-state index contributed by atoms with van der Waals surface area (Å²) in [5.74, 6) is 0. The van der Waals surface area contributed by atoms with Crippen LogP contribution < -0.4 is 5.32 Å². The summed E-state index contributed by atoms with van der Waals surface area (Å²) in [6.07, 6.45) is 8.21. The number of hydrogen-bond donors (Lipinski definition) is 1. The van der Waals surface area contributed by atoms with Crippen LogP contribution in [0.25, 0.3) is 0 Å². The zero-order valence-corrected chi connectivity index (χ0v) is 10.8. The summed E-state index contributed by atoms with van der Waals surface area (Å²) < 4.78 is 0. The summed E-state index contributed by atoms with van der Waals surface area (Å²) in [7, 11) is 2.06. The largest absolute Gasteiger partial charge is 0.320 e. The van der Waals surface area contributed by atoms with E-state index in [0.717, 1.165) is 12.1 Å². The molecule has 90 valence electrons. The van der Waals surface area contributed by atoms with Gasteiger partial charge in [0.2, 0.25) is 0 Å². The fourth-order valence-electron chi connectivity index (χ4n) is 2.88. The van der Waals surface area contributed by atoms with E-state index in [2.05, 4.69) is 31.1 Å². The summed E-state index contributed by atoms with van der Waals surface area (Å²) in [6, 6.07) is 1.67. The summed E-state index contributed by atoms with van der Waals surface area (Å²) in [5, 5.41) is 3.28. The molecule has 0 aliphatic carbocycles. The standard InChI is InChI=1S/C13H28N2/c1-4-12(5-2)15-11-7-6-8-13(15)9-10-14-3/h12-14H,4-11H2,1-3H3. The van der Waals surface area contributed by atoms with E-state index in [-0.39, 0.29) is 0 Å². The third-order valence-corrected chi connectivity index (χ3v) is 3.81. The fourth-order valence-corrected chi connectivity index (χ4v) is 2.88. The molecule has 0 aromatic carbocycles. The maximum absolute atomic E-state index is 3.28. The number of piperidine rings is 1. The van der Waals surface area contributed by atoms with E-state index in [9.17, 15) is 0 Å². The van der Waals surface area contributed by atoms with Gasteiger partial charge in [-0.1, -0.05) is 20.3 Å². The first-order valence-corrected chi connectivity index (χ1v) is 6.73. The topological polar surface area (TPSA) is 15.3 Å². The lowest BCUT2D eigenvalue weighted by atomic mass is 9.95. The van der Waals surface area contributed by atoms with E-state index in [1.54, 1.807) is 0 Å². The molecule has 0 amide bonds. The van der Waals surface area contributed by atoms with Crippen LogP contribution in [-0.4, -0.2) is 37.1 Å². The maximum Gasteiger partial charge on any atom is 0.0110 e. The minimum absolute atomic E-state index is 0.826. The van der Waals surface area contributed by atoms with Gasteiger partial charge in [0, 0.05) is 12.1 Å². The van der Waals surface area contributed by atoms with Crippen molar-refractivity contribution in [1.82, 2.24) is 10.2 Å². The Morgan fingerprint density at radius 2 is 2.00 bits per heavy atom. The molecule has 0 aromatic rings. The molecule has 1 saturated heterocycles. The molecule has 1 aliphatic heterocycles. The Morgan fingerprint density at radius 1 is 1.27 bits per heavy atom. The van der Waals surface area contributed by atoms with Crippen LogP contribution in [0.2, 0.25) is 0 Å². The average Bonchev–Trinajstić information content (AvgIpc) is 2.29. The molecule has 0 bridgehead atoms. The lowest BCUT2D eigenvalue weighted by Crippen LogP contribution is -2.46. The van der Waals surface area contributed by atoms with E-state index < -0.39 is 0 Å². The second-order valence-electron chi connectivity index (χ2n) is 4.75. The second-order valence-corrected chi connectivity index (χ2v) is 4.75. The quantitative estimate of drug-likeness (QED) is 0.728. The van der Waals surface area contributed by atoms with Crippen LogP contribution in [-0.2, 0) is 0 Å². The van der Waals surface area contributed by atoms with Gasteiger partial charge in [0.05, 0.1) is 0 Å². The highest BCUT2D eigenvalue weighted by Gasteiger charge is 2.26. The predicted molar refractivity (Wildman–Crippen MR) is 67.3 cm³/mol. The van der Waals surface area contributed by atoms with Crippen molar-refractivity contribution in [2.75, 3.05) is 20.1 Å². The first kappa shape index (κ1) is 13.0. The Labute approximate surface area is 95.4 Å². The van der Waals surface area contributed by atoms with Crippen molar-refractivity contribution in [1.29, 1.82) is 0 Å². The molecule has 15 heavy (non-hydrogen) atoms. The third-order valence-electron chi connectivity index (χ3n) is 3.81. The highest BCUT2D eigenvalue weighted by atomic mass is 15.2. The van der Waals surface area contributed by atoms with Gasteiger partial charge < -0.3 is 5.32 Å². The molecule has 1 N–H and O–H groups in total. The van der Waals surface area contributed by atoms with Crippen LogP contribution in [0.5, 0.6) is 0 Å². The van der Waals surface area contributed by atoms with Gasteiger partial charge in [-0.25, -0.2) is 0 Å². The first-order chi connectivity index (χ1) is 7.33. The molecular formula is C13H28N2. The van der Waals surface area contributed by atoms with Gasteiger partial charge >= 0.3 is 0 Å². The van der Waals surface area contributed by atoms with Gasteiger partial charge in [-0.15, -0.1) is 0 Å². The zero-order valence-electron chi connectivity index (χ0n) is 10.8. The van der Waals surface area contributed by atoms with E-state index in [1.165, 1.54) is 51.6 Å². The highest BCUT2D eigenvalue weighted by Crippen LogP contribution is 2.24. The van der Waals surface area contributed by atoms with Gasteiger partial charge in [0.1, 0.15) is 0 Å². The van der Waals surface area contributed by atoms with Gasteiger partial charge in [0.25, 0.3) is 0 Å². The summed E-state index contributed by atoms with van der Waals surface area (Å²) >= 11 is 0. The minimum atomic E-state index is 0.826. The van der Waals surface area contributed by atoms with Crippen LogP contribution in [0.15, 0.2) is 0 Å². The lowest BCUT2D eigenvalue weighted by Gasteiger charge is -2.41. The van der Waals surface area contributed by atoms with Gasteiger partial charge in [-0.2, -0.15) is 0 Å². The smallest absolute Gasteiger partial charge is 0.0110 e. The normalized spacial score (nSPS) is 23.6. The van der Waals surface area contributed by atoms with Crippen LogP contribution in [0.4, 0.5) is 0 Å².